The van der Waals surface area contributed by atoms with E-state index in [-0.39, 0.29) is 17.5 Å². The molecule has 48 heavy (non-hydrogen) atoms. The maximum atomic E-state index is 15.1. The van der Waals surface area contributed by atoms with Crippen LogP contribution in [0, 0.1) is 26.6 Å². The van der Waals surface area contributed by atoms with E-state index >= 15 is 4.39 Å². The van der Waals surface area contributed by atoms with Crippen molar-refractivity contribution in [1.82, 2.24) is 19.8 Å². The van der Waals surface area contributed by atoms with E-state index in [0.29, 0.717) is 29.4 Å². The number of carbonyl (C=O) groups is 1. The number of aromatic nitrogens is 2. The van der Waals surface area contributed by atoms with Crippen molar-refractivity contribution in [3.8, 4) is 17.2 Å². The van der Waals surface area contributed by atoms with E-state index in [1.54, 1.807) is 37.4 Å². The van der Waals surface area contributed by atoms with Gasteiger partial charge in [0.05, 0.1) is 20.3 Å². The van der Waals surface area contributed by atoms with Gasteiger partial charge in [0.2, 0.25) is 5.95 Å². The number of ether oxygens (including phenoxy) is 3. The van der Waals surface area contributed by atoms with Gasteiger partial charge in [-0.25, -0.2) is 19.1 Å². The molecule has 0 aliphatic carbocycles. The number of anilines is 3. The second kappa shape index (κ2) is 15.3. The van der Waals surface area contributed by atoms with Gasteiger partial charge in [-0.05, 0) is 80.9 Å². The molecule has 1 atom stereocenters. The number of nitrogens with zero attached hydrogens (tertiary/aromatic N) is 5. The summed E-state index contributed by atoms with van der Waals surface area (Å²) in [6, 6.07) is 14.5. The van der Waals surface area contributed by atoms with Crippen molar-refractivity contribution < 1.29 is 28.5 Å². The zero-order chi connectivity index (χ0) is 34.4. The monoisotopic (exact) mass is 658 g/mol. The fourth-order valence-electron chi connectivity index (χ4n) is 6.16. The van der Waals surface area contributed by atoms with Crippen molar-refractivity contribution in [3.63, 3.8) is 0 Å². The van der Waals surface area contributed by atoms with Crippen molar-refractivity contribution in [2.24, 2.45) is 0 Å². The Bertz CT molecular complexity index is 1720. The average molecular weight is 659 g/mol. The first-order chi connectivity index (χ1) is 23.1. The number of benzene rings is 3. The van der Waals surface area contributed by atoms with E-state index < -0.39 is 18.0 Å². The first-order valence-corrected chi connectivity index (χ1v) is 15.8. The Hall–Kier alpha value is -4.94. The van der Waals surface area contributed by atoms with Gasteiger partial charge < -0.3 is 29.5 Å². The molecule has 2 heterocycles. The lowest BCUT2D eigenvalue weighted by molar-refractivity contribution is 0.132. The number of piperazine rings is 1. The largest absolute Gasteiger partial charge is 0.497 e. The summed E-state index contributed by atoms with van der Waals surface area (Å²) in [5.74, 6) is 0.856. The topological polar surface area (TPSA) is 113 Å². The number of amides is 1. The summed E-state index contributed by atoms with van der Waals surface area (Å²) < 4.78 is 32.1. The number of likely N-dealkylation sites (N-methyl/N-ethyl adjacent to an activating group) is 1. The number of hydrogen-bond donors (Lipinski definition) is 2. The second-order valence-corrected chi connectivity index (χ2v) is 12.0. The smallest absolute Gasteiger partial charge is 0.413 e. The van der Waals surface area contributed by atoms with Crippen LogP contribution in [0.4, 0.5) is 26.6 Å². The molecule has 0 radical (unpaired) electrons. The van der Waals surface area contributed by atoms with Crippen LogP contribution in [0.2, 0.25) is 0 Å². The molecule has 1 amide bonds. The van der Waals surface area contributed by atoms with E-state index in [9.17, 15) is 9.90 Å². The van der Waals surface area contributed by atoms with E-state index in [1.165, 1.54) is 30.3 Å². The van der Waals surface area contributed by atoms with E-state index in [2.05, 4.69) is 32.1 Å². The van der Waals surface area contributed by atoms with Gasteiger partial charge in [0, 0.05) is 56.2 Å². The third-order valence-corrected chi connectivity index (χ3v) is 8.54. The number of carboxylic acid groups (broad SMARTS) is 1. The van der Waals surface area contributed by atoms with Crippen molar-refractivity contribution >= 4 is 23.5 Å². The van der Waals surface area contributed by atoms with Gasteiger partial charge in [-0.2, -0.15) is 4.98 Å². The number of aryl methyl sites for hydroxylation is 3. The molecule has 0 spiro atoms. The lowest BCUT2D eigenvalue weighted by Gasteiger charge is -2.33. The Morgan fingerprint density at radius 2 is 1.69 bits per heavy atom. The minimum atomic E-state index is -1.24. The fraction of sp³-hybridized carbons (Fsp3) is 0.361. The molecule has 3 aromatic carbocycles. The van der Waals surface area contributed by atoms with E-state index in [4.69, 9.17) is 14.2 Å². The Labute approximate surface area is 280 Å². The molecular formula is C36H43FN6O5. The molecule has 2 N–H and O–H groups in total. The minimum absolute atomic E-state index is 0.0931. The molecule has 0 saturated carbocycles. The zero-order valence-corrected chi connectivity index (χ0v) is 28.3. The van der Waals surface area contributed by atoms with Crippen LogP contribution >= 0.6 is 0 Å². The van der Waals surface area contributed by atoms with Crippen LogP contribution in [-0.4, -0.2) is 91.6 Å². The number of rotatable bonds is 12. The standard InChI is InChI=1S/C36H43FN6O5/c1-23-19-24(2)33(25(3)20-23)34(28-22-27(46-5)8-10-30(28)47-6)43(36(44)45)32-11-12-38-35(40-32)39-26-7-9-31(29(37)21-26)48-18-17-42-15-13-41(4)14-16-42/h7-12,19-22,34H,13-18H2,1-6H3,(H,44,45)(H,38,39,40). The highest BCUT2D eigenvalue weighted by molar-refractivity contribution is 5.87. The van der Waals surface area contributed by atoms with Gasteiger partial charge in [-0.15, -0.1) is 0 Å². The lowest BCUT2D eigenvalue weighted by atomic mass is 9.88. The lowest BCUT2D eigenvalue weighted by Crippen LogP contribution is -2.45. The quantitative estimate of drug-likeness (QED) is 0.182. The van der Waals surface area contributed by atoms with Crippen molar-refractivity contribution in [3.05, 3.63) is 94.4 Å². The first-order valence-electron chi connectivity index (χ1n) is 15.8. The molecule has 4 aromatic rings. The molecule has 1 aromatic heterocycles. The Kier molecular flexibility index (Phi) is 11.0. The highest BCUT2D eigenvalue weighted by Crippen LogP contribution is 2.42. The van der Waals surface area contributed by atoms with Gasteiger partial charge in [-0.3, -0.25) is 4.90 Å². The van der Waals surface area contributed by atoms with Crippen LogP contribution in [0.1, 0.15) is 33.9 Å². The number of methoxy groups -OCH3 is 2. The summed E-state index contributed by atoms with van der Waals surface area (Å²) in [6.45, 7) is 10.9. The molecule has 1 aliphatic rings. The van der Waals surface area contributed by atoms with Crippen molar-refractivity contribution in [2.75, 3.05) is 70.8 Å². The molecule has 5 rings (SSSR count). The molecule has 1 unspecified atom stereocenters. The molecule has 1 aliphatic heterocycles. The Morgan fingerprint density at radius 3 is 2.33 bits per heavy atom. The zero-order valence-electron chi connectivity index (χ0n) is 28.3. The summed E-state index contributed by atoms with van der Waals surface area (Å²) >= 11 is 0. The summed E-state index contributed by atoms with van der Waals surface area (Å²) in [5.41, 5.74) is 4.61. The summed E-state index contributed by atoms with van der Waals surface area (Å²) in [4.78, 5) is 27.8. The molecule has 0 bridgehead atoms. The molecule has 1 saturated heterocycles. The normalized spacial score (nSPS) is 14.3. The number of nitrogens with one attached hydrogen (secondary N) is 1. The van der Waals surface area contributed by atoms with Gasteiger partial charge in [-0.1, -0.05) is 17.7 Å². The van der Waals surface area contributed by atoms with Gasteiger partial charge in [0.25, 0.3) is 0 Å². The van der Waals surface area contributed by atoms with Gasteiger partial charge in [0.15, 0.2) is 11.6 Å². The number of halogens is 1. The predicted octanol–water partition coefficient (Wildman–Crippen LogP) is 6.20. The number of hydrogen-bond acceptors (Lipinski definition) is 9. The highest BCUT2D eigenvalue weighted by atomic mass is 19.1. The van der Waals surface area contributed by atoms with E-state index in [0.717, 1.165) is 55.0 Å². The Balaban J connectivity index is 1.44. The predicted molar refractivity (Wildman–Crippen MR) is 184 cm³/mol. The SMILES string of the molecule is COc1ccc(OC)c(C(c2c(C)cc(C)cc2C)N(C(=O)O)c2ccnc(Nc3ccc(OCCN4CCN(C)CC4)c(F)c3)n2)c1. The summed E-state index contributed by atoms with van der Waals surface area (Å²) in [5, 5.41) is 13.8. The third-order valence-electron chi connectivity index (χ3n) is 8.54. The second-order valence-electron chi connectivity index (χ2n) is 12.0. The van der Waals surface area contributed by atoms with Gasteiger partial charge in [0.1, 0.15) is 23.9 Å². The first kappa shape index (κ1) is 34.4. The Morgan fingerprint density at radius 1 is 0.979 bits per heavy atom. The van der Waals surface area contributed by atoms with E-state index in [1.807, 2.05) is 32.9 Å². The molecule has 12 heteroatoms. The average Bonchev–Trinajstić information content (AvgIpc) is 3.05. The summed E-state index contributed by atoms with van der Waals surface area (Å²) in [6.07, 6.45) is 0.222. The van der Waals surface area contributed by atoms with Crippen LogP contribution in [0.25, 0.3) is 0 Å². The molecule has 254 valence electrons. The third kappa shape index (κ3) is 7.95. The van der Waals surface area contributed by atoms with Crippen molar-refractivity contribution in [1.29, 1.82) is 0 Å². The maximum Gasteiger partial charge on any atom is 0.413 e. The van der Waals surface area contributed by atoms with Crippen LogP contribution in [-0.2, 0) is 0 Å². The molecule has 1 fully saturated rings. The molecule has 11 nitrogen and oxygen atoms in total. The van der Waals surface area contributed by atoms with Crippen LogP contribution in [0.3, 0.4) is 0 Å². The maximum absolute atomic E-state index is 15.1. The van der Waals surface area contributed by atoms with Crippen molar-refractivity contribution in [2.45, 2.75) is 26.8 Å². The molecular weight excluding hydrogens is 615 g/mol. The minimum Gasteiger partial charge on any atom is -0.497 e. The highest BCUT2D eigenvalue weighted by Gasteiger charge is 2.34. The van der Waals surface area contributed by atoms with Crippen LogP contribution in [0.5, 0.6) is 17.2 Å². The van der Waals surface area contributed by atoms with Gasteiger partial charge >= 0.3 is 6.09 Å². The van der Waals surface area contributed by atoms with Crippen LogP contribution in [0.15, 0.2) is 60.8 Å². The summed E-state index contributed by atoms with van der Waals surface area (Å²) in [7, 11) is 5.19. The van der Waals surface area contributed by atoms with Crippen LogP contribution < -0.4 is 24.4 Å². The fourth-order valence-corrected chi connectivity index (χ4v) is 6.16.